The van der Waals surface area contributed by atoms with Crippen LogP contribution < -0.4 is 10.5 Å². The summed E-state index contributed by atoms with van der Waals surface area (Å²) in [5, 5.41) is 0. The molecule has 6 nitrogen and oxygen atoms in total. The molecule has 34 heavy (non-hydrogen) atoms. The number of rotatable bonds is 3. The van der Waals surface area contributed by atoms with Gasteiger partial charge in [-0.3, -0.25) is 14.5 Å². The molecule has 3 aliphatic heterocycles. The minimum Gasteiger partial charge on any atom is -0.345 e. The zero-order valence-corrected chi connectivity index (χ0v) is 20.3. The topological polar surface area (TPSA) is 58.4 Å². The molecule has 0 N–H and O–H groups in total. The molecule has 0 amide bonds. The average Bonchev–Trinajstić information content (AvgIpc) is 3.07. The van der Waals surface area contributed by atoms with Gasteiger partial charge in [-0.2, -0.15) is 0 Å². The van der Waals surface area contributed by atoms with E-state index in [4.69, 9.17) is 4.98 Å². The number of hydrogen-bond donors (Lipinski definition) is 0. The number of nitrogens with zero attached hydrogens (tertiary/aromatic N) is 4. The van der Waals surface area contributed by atoms with Gasteiger partial charge in [0.2, 0.25) is 0 Å². The van der Waals surface area contributed by atoms with Crippen molar-refractivity contribution in [1.29, 1.82) is 0 Å². The molecule has 1 saturated carbocycles. The minimum atomic E-state index is -0.00259. The summed E-state index contributed by atoms with van der Waals surface area (Å²) < 4.78 is 2.07. The quantitative estimate of drug-likeness (QED) is 0.653. The molecule has 3 saturated heterocycles. The van der Waals surface area contributed by atoms with Crippen LogP contribution in [-0.2, 0) is 4.79 Å². The maximum Gasteiger partial charge on any atom is 0.294 e. The normalized spacial score (nSPS) is 29.4. The van der Waals surface area contributed by atoms with Crippen molar-refractivity contribution in [2.45, 2.75) is 108 Å². The Bertz CT molecular complexity index is 1090. The van der Waals surface area contributed by atoms with E-state index in [-0.39, 0.29) is 17.4 Å². The molecule has 4 heterocycles. The van der Waals surface area contributed by atoms with E-state index in [2.05, 4.69) is 15.5 Å². The standard InChI is InChI=1S/C28H38N4O2/c33-24-11-8-16-30(19-24)27-28(34)32(26-13-7-6-12-25(26)29-27)23-17-21-14-15-22(18-23)31(21)20-9-4-2-1-3-5-10-20/h6-7,12-13,20-23H,1-5,8-11,14-19H2/t21-,22+,23+. The van der Waals surface area contributed by atoms with Crippen molar-refractivity contribution in [1.82, 2.24) is 14.5 Å². The third-order valence-electron chi connectivity index (χ3n) is 8.95. The number of aromatic nitrogens is 2. The number of fused-ring (bicyclic) bond motifs is 3. The Morgan fingerprint density at radius 3 is 2.21 bits per heavy atom. The number of piperidine rings is 2. The van der Waals surface area contributed by atoms with Crippen LogP contribution in [0, 0.1) is 0 Å². The van der Waals surface area contributed by atoms with Gasteiger partial charge in [0.15, 0.2) is 11.6 Å². The first-order chi connectivity index (χ1) is 16.7. The fraction of sp³-hybridized carbons (Fsp3) is 0.679. The third kappa shape index (κ3) is 4.08. The van der Waals surface area contributed by atoms with E-state index in [1.807, 2.05) is 23.1 Å². The van der Waals surface area contributed by atoms with Crippen LogP contribution in [-0.4, -0.2) is 51.4 Å². The molecule has 0 unspecified atom stereocenters. The van der Waals surface area contributed by atoms with Crippen molar-refractivity contribution in [2.24, 2.45) is 0 Å². The van der Waals surface area contributed by atoms with E-state index in [0.29, 0.717) is 30.9 Å². The summed E-state index contributed by atoms with van der Waals surface area (Å²) in [7, 11) is 0. The summed E-state index contributed by atoms with van der Waals surface area (Å²) in [6.07, 6.45) is 15.7. The smallest absolute Gasteiger partial charge is 0.294 e. The molecule has 1 aromatic heterocycles. The molecule has 4 aliphatic rings. The lowest BCUT2D eigenvalue weighted by Gasteiger charge is -2.45. The average molecular weight is 463 g/mol. The van der Waals surface area contributed by atoms with Crippen LogP contribution in [0.5, 0.6) is 0 Å². The number of ketones is 1. The van der Waals surface area contributed by atoms with Gasteiger partial charge >= 0.3 is 0 Å². The highest BCUT2D eigenvalue weighted by atomic mass is 16.1. The van der Waals surface area contributed by atoms with Gasteiger partial charge in [0.25, 0.3) is 5.56 Å². The van der Waals surface area contributed by atoms with Crippen molar-refractivity contribution in [3.05, 3.63) is 34.6 Å². The lowest BCUT2D eigenvalue weighted by Crippen LogP contribution is -2.50. The highest BCUT2D eigenvalue weighted by Gasteiger charge is 2.44. The summed E-state index contributed by atoms with van der Waals surface area (Å²) in [5.41, 5.74) is 1.81. The maximum absolute atomic E-state index is 13.9. The molecule has 0 spiro atoms. The lowest BCUT2D eigenvalue weighted by molar-refractivity contribution is -0.118. The van der Waals surface area contributed by atoms with Gasteiger partial charge in [-0.25, -0.2) is 4.98 Å². The second-order valence-corrected chi connectivity index (χ2v) is 11.1. The van der Waals surface area contributed by atoms with Gasteiger partial charge in [-0.05, 0) is 57.1 Å². The van der Waals surface area contributed by atoms with Gasteiger partial charge in [-0.15, -0.1) is 0 Å². The van der Waals surface area contributed by atoms with Crippen LogP contribution in [0.2, 0.25) is 0 Å². The number of carbonyl (C=O) groups is 1. The first-order valence-electron chi connectivity index (χ1n) is 13.7. The zero-order valence-electron chi connectivity index (χ0n) is 20.3. The highest BCUT2D eigenvalue weighted by molar-refractivity contribution is 5.85. The predicted octanol–water partition coefficient (Wildman–Crippen LogP) is 4.85. The van der Waals surface area contributed by atoms with E-state index < -0.39 is 0 Å². The first kappa shape index (κ1) is 22.3. The summed E-state index contributed by atoms with van der Waals surface area (Å²) in [6.45, 7) is 1.05. The highest BCUT2D eigenvalue weighted by Crippen LogP contribution is 2.44. The van der Waals surface area contributed by atoms with Crippen LogP contribution in [0.3, 0.4) is 0 Å². The molecule has 2 bridgehead atoms. The fourth-order valence-corrected chi connectivity index (χ4v) is 7.45. The predicted molar refractivity (Wildman–Crippen MR) is 135 cm³/mol. The molecule has 2 aromatic rings. The lowest BCUT2D eigenvalue weighted by atomic mass is 9.89. The molecule has 0 radical (unpaired) electrons. The Labute approximate surface area is 202 Å². The second-order valence-electron chi connectivity index (χ2n) is 11.1. The van der Waals surface area contributed by atoms with Gasteiger partial charge in [-0.1, -0.05) is 44.2 Å². The Balaban J connectivity index is 1.33. The first-order valence-corrected chi connectivity index (χ1v) is 13.7. The summed E-state index contributed by atoms with van der Waals surface area (Å²) >= 11 is 0. The Hall–Kier alpha value is -2.21. The van der Waals surface area contributed by atoms with Crippen molar-refractivity contribution >= 4 is 22.6 Å². The van der Waals surface area contributed by atoms with E-state index in [1.54, 1.807) is 0 Å². The van der Waals surface area contributed by atoms with Crippen LogP contribution in [0.4, 0.5) is 5.82 Å². The van der Waals surface area contributed by atoms with E-state index in [9.17, 15) is 9.59 Å². The van der Waals surface area contributed by atoms with Crippen LogP contribution >= 0.6 is 0 Å². The second kappa shape index (κ2) is 9.44. The molecular weight excluding hydrogens is 424 g/mol. The number of carbonyl (C=O) groups excluding carboxylic acids is 1. The molecule has 1 aliphatic carbocycles. The Morgan fingerprint density at radius 2 is 1.47 bits per heavy atom. The summed E-state index contributed by atoms with van der Waals surface area (Å²) in [6, 6.07) is 10.2. The van der Waals surface area contributed by atoms with Crippen LogP contribution in [0.25, 0.3) is 11.0 Å². The van der Waals surface area contributed by atoms with Crippen molar-refractivity contribution < 1.29 is 4.79 Å². The number of hydrogen-bond acceptors (Lipinski definition) is 5. The Kier molecular flexibility index (Phi) is 6.18. The molecule has 3 atom stereocenters. The summed E-state index contributed by atoms with van der Waals surface area (Å²) in [5.74, 6) is 0.680. The van der Waals surface area contributed by atoms with Gasteiger partial charge in [0, 0.05) is 37.1 Å². The number of benzene rings is 1. The Morgan fingerprint density at radius 1 is 0.765 bits per heavy atom. The fourth-order valence-electron chi connectivity index (χ4n) is 7.45. The van der Waals surface area contributed by atoms with Crippen molar-refractivity contribution in [3.63, 3.8) is 0 Å². The van der Waals surface area contributed by atoms with Gasteiger partial charge in [0.1, 0.15) is 0 Å². The molecule has 6 rings (SSSR count). The largest absolute Gasteiger partial charge is 0.345 e. The van der Waals surface area contributed by atoms with Crippen LogP contribution in [0.15, 0.2) is 29.1 Å². The van der Waals surface area contributed by atoms with E-state index in [0.717, 1.165) is 42.9 Å². The SMILES string of the molecule is O=C1CCCN(c2nc3ccccc3n([C@H]3C[C@H]4CC[C@@H](C3)N4C3CCCCCCC3)c2=O)C1. The number of Topliss-reactive ketones (excluding diaryl/α,β-unsaturated/α-hetero) is 1. The molecule has 4 fully saturated rings. The number of anilines is 1. The van der Waals surface area contributed by atoms with E-state index in [1.165, 1.54) is 57.8 Å². The minimum absolute atomic E-state index is 0.00259. The van der Waals surface area contributed by atoms with Crippen molar-refractivity contribution in [2.75, 3.05) is 18.0 Å². The van der Waals surface area contributed by atoms with Crippen molar-refractivity contribution in [3.8, 4) is 0 Å². The monoisotopic (exact) mass is 462 g/mol. The van der Waals surface area contributed by atoms with E-state index >= 15 is 0 Å². The molecular formula is C28H38N4O2. The van der Waals surface area contributed by atoms with Gasteiger partial charge < -0.3 is 9.47 Å². The molecule has 1 aromatic carbocycles. The maximum atomic E-state index is 13.9. The summed E-state index contributed by atoms with van der Waals surface area (Å²) in [4.78, 5) is 35.7. The zero-order chi connectivity index (χ0) is 23.1. The molecule has 6 heteroatoms. The van der Waals surface area contributed by atoms with Crippen LogP contribution in [0.1, 0.15) is 89.5 Å². The molecule has 182 valence electrons. The van der Waals surface area contributed by atoms with Gasteiger partial charge in [0.05, 0.1) is 17.6 Å². The number of para-hydroxylation sites is 2. The third-order valence-corrected chi connectivity index (χ3v) is 8.95.